The van der Waals surface area contributed by atoms with Crippen molar-refractivity contribution in [1.82, 2.24) is 5.32 Å². The monoisotopic (exact) mass is 217 g/mol. The van der Waals surface area contributed by atoms with Crippen LogP contribution in [0.2, 0.25) is 0 Å². The van der Waals surface area contributed by atoms with Crippen molar-refractivity contribution in [3.05, 3.63) is 0 Å². The molecule has 1 saturated carbocycles. The quantitative estimate of drug-likeness (QED) is 0.734. The maximum atomic E-state index is 12.7. The van der Waals surface area contributed by atoms with Crippen LogP contribution in [0.1, 0.15) is 40.5 Å². The molecule has 1 fully saturated rings. The number of hydrogen-bond donors (Lipinski definition) is 2. The van der Waals surface area contributed by atoms with Crippen LogP contribution in [-0.4, -0.2) is 28.8 Å². The number of aliphatic hydroxyl groups excluding tert-OH is 1. The van der Waals surface area contributed by atoms with Crippen molar-refractivity contribution in [2.24, 2.45) is 5.41 Å². The van der Waals surface area contributed by atoms with Gasteiger partial charge in [-0.15, -0.1) is 0 Å². The molecule has 0 radical (unpaired) electrons. The Morgan fingerprint density at radius 2 is 2.00 bits per heavy atom. The molecule has 0 aromatic rings. The molecule has 3 nitrogen and oxygen atoms in total. The second kappa shape index (κ2) is 3.74. The minimum atomic E-state index is -1.11. The van der Waals surface area contributed by atoms with E-state index < -0.39 is 23.6 Å². The molecule has 88 valence electrons. The van der Waals surface area contributed by atoms with Crippen LogP contribution in [0, 0.1) is 5.41 Å². The molecule has 0 heterocycles. The first-order valence-corrected chi connectivity index (χ1v) is 5.28. The summed E-state index contributed by atoms with van der Waals surface area (Å²) < 4.78 is 12.7. The predicted molar refractivity (Wildman–Crippen MR) is 56.1 cm³/mol. The summed E-state index contributed by atoms with van der Waals surface area (Å²) in [7, 11) is 0. The number of halogens is 1. The smallest absolute Gasteiger partial charge is 0.249 e. The minimum absolute atomic E-state index is 0.270. The first-order valence-electron chi connectivity index (χ1n) is 5.28. The highest BCUT2D eigenvalue weighted by molar-refractivity contribution is 5.82. The molecule has 1 amide bonds. The number of rotatable bonds is 2. The zero-order valence-corrected chi connectivity index (χ0v) is 9.80. The molecule has 1 rings (SSSR count). The fourth-order valence-corrected chi connectivity index (χ4v) is 1.93. The number of carbonyl (C=O) groups is 1. The van der Waals surface area contributed by atoms with Gasteiger partial charge < -0.3 is 10.4 Å². The van der Waals surface area contributed by atoms with Crippen molar-refractivity contribution in [1.29, 1.82) is 0 Å². The van der Waals surface area contributed by atoms with Crippen molar-refractivity contribution in [3.8, 4) is 0 Å². The van der Waals surface area contributed by atoms with Gasteiger partial charge in [0.05, 0.1) is 0 Å². The molecule has 0 aliphatic heterocycles. The normalized spacial score (nSPS) is 33.1. The van der Waals surface area contributed by atoms with Gasteiger partial charge in [0.2, 0.25) is 5.91 Å². The lowest BCUT2D eigenvalue weighted by atomic mass is 9.65. The molecule has 0 aromatic carbocycles. The van der Waals surface area contributed by atoms with E-state index >= 15 is 0 Å². The predicted octanol–water partition coefficient (Wildman–Crippen LogP) is 1.40. The van der Waals surface area contributed by atoms with Gasteiger partial charge in [-0.3, -0.25) is 4.79 Å². The van der Waals surface area contributed by atoms with E-state index in [4.69, 9.17) is 0 Å². The second-order valence-electron chi connectivity index (χ2n) is 5.80. The lowest BCUT2D eigenvalue weighted by molar-refractivity contribution is -0.146. The van der Waals surface area contributed by atoms with E-state index in [1.54, 1.807) is 6.92 Å². The molecular weight excluding hydrogens is 197 g/mol. The second-order valence-corrected chi connectivity index (χ2v) is 5.80. The molecule has 0 bridgehead atoms. The van der Waals surface area contributed by atoms with Crippen LogP contribution in [0.15, 0.2) is 0 Å². The lowest BCUT2D eigenvalue weighted by Gasteiger charge is -2.44. The van der Waals surface area contributed by atoms with Gasteiger partial charge in [0.15, 0.2) is 0 Å². The average Bonchev–Trinajstić information content (AvgIpc) is 1.97. The Morgan fingerprint density at radius 1 is 1.53 bits per heavy atom. The summed E-state index contributed by atoms with van der Waals surface area (Å²) in [5.74, 6) is -0.406. The third kappa shape index (κ3) is 2.91. The Bertz CT molecular complexity index is 254. The fraction of sp³-hybridized carbons (Fsp3) is 0.909. The average molecular weight is 217 g/mol. The van der Waals surface area contributed by atoms with Crippen molar-refractivity contribution in [2.45, 2.75) is 58.4 Å². The summed E-state index contributed by atoms with van der Waals surface area (Å²) in [5, 5.41) is 12.5. The standard InChI is InChI=1S/C11H20FNO2/c1-10(2,3)13-9(15)8(14)11(4)5-7(12)6-11/h7-8,14H,5-6H2,1-4H3,(H,13,15)/t7-,8?,11+. The largest absolute Gasteiger partial charge is 0.383 e. The summed E-state index contributed by atoms with van der Waals surface area (Å²) in [5.41, 5.74) is -0.956. The molecule has 0 aromatic heterocycles. The Balaban J connectivity index is 2.54. The molecule has 1 atom stereocenters. The van der Waals surface area contributed by atoms with Crippen LogP contribution >= 0.6 is 0 Å². The molecule has 4 heteroatoms. The molecule has 2 N–H and O–H groups in total. The van der Waals surface area contributed by atoms with Crippen molar-refractivity contribution < 1.29 is 14.3 Å². The van der Waals surface area contributed by atoms with Crippen LogP contribution in [0.25, 0.3) is 0 Å². The van der Waals surface area contributed by atoms with E-state index in [0.29, 0.717) is 0 Å². The summed E-state index contributed by atoms with van der Waals surface area (Å²) in [4.78, 5) is 11.6. The van der Waals surface area contributed by atoms with Crippen LogP contribution in [0.4, 0.5) is 4.39 Å². The van der Waals surface area contributed by atoms with Crippen LogP contribution in [0.5, 0.6) is 0 Å². The number of alkyl halides is 1. The maximum Gasteiger partial charge on any atom is 0.249 e. The van der Waals surface area contributed by atoms with Gasteiger partial charge in [0, 0.05) is 11.0 Å². The van der Waals surface area contributed by atoms with Crippen LogP contribution in [-0.2, 0) is 4.79 Å². The van der Waals surface area contributed by atoms with E-state index in [9.17, 15) is 14.3 Å². The van der Waals surface area contributed by atoms with Gasteiger partial charge in [0.1, 0.15) is 12.3 Å². The minimum Gasteiger partial charge on any atom is -0.383 e. The molecule has 1 aliphatic carbocycles. The fourth-order valence-electron chi connectivity index (χ4n) is 1.93. The summed E-state index contributed by atoms with van der Waals surface area (Å²) in [6.07, 6.45) is -1.44. The van der Waals surface area contributed by atoms with E-state index in [0.717, 1.165) is 0 Å². The highest BCUT2D eigenvalue weighted by atomic mass is 19.1. The Labute approximate surface area is 90.1 Å². The summed E-state index contributed by atoms with van der Waals surface area (Å²) in [6.45, 7) is 7.28. The third-order valence-corrected chi connectivity index (χ3v) is 2.78. The Hall–Kier alpha value is -0.640. The molecule has 0 spiro atoms. The van der Waals surface area contributed by atoms with E-state index in [1.807, 2.05) is 20.8 Å². The zero-order valence-electron chi connectivity index (χ0n) is 9.80. The van der Waals surface area contributed by atoms with Crippen molar-refractivity contribution in [3.63, 3.8) is 0 Å². The summed E-state index contributed by atoms with van der Waals surface area (Å²) >= 11 is 0. The van der Waals surface area contributed by atoms with Gasteiger partial charge in [-0.25, -0.2) is 4.39 Å². The topological polar surface area (TPSA) is 49.3 Å². The Kier molecular flexibility index (Phi) is 3.10. The Morgan fingerprint density at radius 3 is 2.33 bits per heavy atom. The highest BCUT2D eigenvalue weighted by Crippen LogP contribution is 2.45. The number of aliphatic hydroxyl groups is 1. The number of amides is 1. The van der Waals surface area contributed by atoms with E-state index in [1.165, 1.54) is 0 Å². The lowest BCUT2D eigenvalue weighted by Crippen LogP contribution is -2.55. The van der Waals surface area contributed by atoms with E-state index in [-0.39, 0.29) is 18.4 Å². The third-order valence-electron chi connectivity index (χ3n) is 2.78. The highest BCUT2D eigenvalue weighted by Gasteiger charge is 2.49. The molecule has 15 heavy (non-hydrogen) atoms. The number of nitrogens with one attached hydrogen (secondary N) is 1. The maximum absolute atomic E-state index is 12.7. The van der Waals surface area contributed by atoms with Crippen molar-refractivity contribution in [2.75, 3.05) is 0 Å². The van der Waals surface area contributed by atoms with Gasteiger partial charge in [-0.2, -0.15) is 0 Å². The number of carbonyl (C=O) groups excluding carboxylic acids is 1. The summed E-state index contributed by atoms with van der Waals surface area (Å²) in [6, 6.07) is 0. The zero-order chi connectivity index (χ0) is 11.9. The molecule has 1 aliphatic rings. The SMILES string of the molecule is CC(C)(C)NC(=O)C(O)[C@]1(C)C[C@H](F)C1. The molecule has 0 saturated heterocycles. The van der Waals surface area contributed by atoms with Gasteiger partial charge in [-0.1, -0.05) is 6.92 Å². The molecule has 1 unspecified atom stereocenters. The van der Waals surface area contributed by atoms with Crippen molar-refractivity contribution >= 4 is 5.91 Å². The van der Waals surface area contributed by atoms with E-state index in [2.05, 4.69) is 5.32 Å². The first-order chi connectivity index (χ1) is 6.64. The first kappa shape index (κ1) is 12.4. The van der Waals surface area contributed by atoms with Gasteiger partial charge in [0.25, 0.3) is 0 Å². The van der Waals surface area contributed by atoms with Crippen LogP contribution < -0.4 is 5.32 Å². The number of hydrogen-bond acceptors (Lipinski definition) is 2. The van der Waals surface area contributed by atoms with Gasteiger partial charge >= 0.3 is 0 Å². The van der Waals surface area contributed by atoms with Gasteiger partial charge in [-0.05, 0) is 33.6 Å². The molecular formula is C11H20FNO2. The van der Waals surface area contributed by atoms with Crippen LogP contribution in [0.3, 0.4) is 0 Å².